The lowest BCUT2D eigenvalue weighted by atomic mass is 9.98. The number of halogens is 3. The summed E-state index contributed by atoms with van der Waals surface area (Å²) in [6, 6.07) is 6.73. The van der Waals surface area contributed by atoms with E-state index in [1.54, 1.807) is 31.2 Å². The quantitative estimate of drug-likeness (QED) is 0.334. The summed E-state index contributed by atoms with van der Waals surface area (Å²) in [5.74, 6) is 5.21. The monoisotopic (exact) mass is 274 g/mol. The number of anilines is 1. The molecule has 5 N–H and O–H groups in total. The van der Waals surface area contributed by atoms with E-state index in [1.807, 2.05) is 0 Å². The molecule has 0 spiro atoms. The molecular formula is C12H17F3N4. The first-order chi connectivity index (χ1) is 8.72. The van der Waals surface area contributed by atoms with E-state index in [4.69, 9.17) is 17.0 Å². The van der Waals surface area contributed by atoms with Crippen LogP contribution in [0.15, 0.2) is 24.3 Å². The Morgan fingerprint density at radius 3 is 2.47 bits per heavy atom. The van der Waals surface area contributed by atoms with E-state index in [1.165, 1.54) is 0 Å². The molecule has 4 nitrogen and oxygen atoms in total. The minimum absolute atomic E-state index is 0.0586. The van der Waals surface area contributed by atoms with Crippen molar-refractivity contribution in [1.29, 1.82) is 5.41 Å². The summed E-state index contributed by atoms with van der Waals surface area (Å²) in [6.07, 6.45) is -5.24. The van der Waals surface area contributed by atoms with Gasteiger partial charge in [-0.3, -0.25) is 5.41 Å². The number of benzene rings is 1. The van der Waals surface area contributed by atoms with Gasteiger partial charge < -0.3 is 10.7 Å². The fourth-order valence-corrected chi connectivity index (χ4v) is 1.65. The molecule has 1 atom stereocenters. The molecule has 0 radical (unpaired) electrons. The van der Waals surface area contributed by atoms with Crippen LogP contribution < -0.4 is 16.6 Å². The van der Waals surface area contributed by atoms with E-state index in [-0.39, 0.29) is 12.4 Å². The van der Waals surface area contributed by atoms with Crippen LogP contribution in [0.5, 0.6) is 0 Å². The zero-order valence-electron chi connectivity index (χ0n) is 10.5. The smallest absolute Gasteiger partial charge is 0.387 e. The summed E-state index contributed by atoms with van der Waals surface area (Å²) in [6.45, 7) is 1.36. The zero-order valence-corrected chi connectivity index (χ0v) is 10.5. The van der Waals surface area contributed by atoms with E-state index in [2.05, 4.69) is 0 Å². The van der Waals surface area contributed by atoms with E-state index in [0.717, 1.165) is 5.01 Å². The number of nitrogens with zero attached hydrogens (tertiary/aromatic N) is 1. The highest BCUT2D eigenvalue weighted by Gasteiger charge is 2.28. The molecule has 0 bridgehead atoms. The van der Waals surface area contributed by atoms with E-state index in [0.29, 0.717) is 11.3 Å². The molecule has 0 aliphatic rings. The maximum Gasteiger partial charge on any atom is 0.390 e. The fourth-order valence-electron chi connectivity index (χ4n) is 1.65. The van der Waals surface area contributed by atoms with Crippen molar-refractivity contribution < 1.29 is 13.2 Å². The summed E-state index contributed by atoms with van der Waals surface area (Å²) in [4.78, 5) is 0. The Morgan fingerprint density at radius 1 is 1.37 bits per heavy atom. The number of para-hydroxylation sites is 1. The van der Waals surface area contributed by atoms with E-state index in [9.17, 15) is 13.2 Å². The molecule has 0 saturated carbocycles. The van der Waals surface area contributed by atoms with Crippen LogP contribution in [0.25, 0.3) is 0 Å². The number of amidine groups is 1. The molecule has 1 aromatic rings. The SMILES string of the molecule is CC(C(=N)N)c1ccccc1N(N)CCC(F)(F)F. The van der Waals surface area contributed by atoms with Crippen LogP contribution in [0.3, 0.4) is 0 Å². The molecule has 7 heteroatoms. The molecule has 1 rings (SSSR count). The molecule has 19 heavy (non-hydrogen) atoms. The number of rotatable bonds is 5. The van der Waals surface area contributed by atoms with E-state index < -0.39 is 18.5 Å². The molecule has 0 aliphatic heterocycles. The van der Waals surface area contributed by atoms with Crippen molar-refractivity contribution in [3.05, 3.63) is 29.8 Å². The zero-order chi connectivity index (χ0) is 14.6. The van der Waals surface area contributed by atoms with Crippen LogP contribution >= 0.6 is 0 Å². The van der Waals surface area contributed by atoms with Crippen LogP contribution in [0.4, 0.5) is 18.9 Å². The fraction of sp³-hybridized carbons (Fsp3) is 0.417. The van der Waals surface area contributed by atoms with Crippen molar-refractivity contribution >= 4 is 11.5 Å². The highest BCUT2D eigenvalue weighted by Crippen LogP contribution is 2.27. The molecular weight excluding hydrogens is 257 g/mol. The van der Waals surface area contributed by atoms with Gasteiger partial charge >= 0.3 is 6.18 Å². The van der Waals surface area contributed by atoms with Gasteiger partial charge in [-0.1, -0.05) is 25.1 Å². The predicted octanol–water partition coefficient (Wildman–Crippen LogP) is 2.36. The number of hydrogen-bond donors (Lipinski definition) is 3. The van der Waals surface area contributed by atoms with Crippen molar-refractivity contribution in [2.75, 3.05) is 11.6 Å². The third-order valence-corrected chi connectivity index (χ3v) is 2.82. The van der Waals surface area contributed by atoms with Gasteiger partial charge in [0.15, 0.2) is 0 Å². The number of hydrazine groups is 1. The lowest BCUT2D eigenvalue weighted by molar-refractivity contribution is -0.132. The number of alkyl halides is 3. The molecule has 0 aliphatic carbocycles. The van der Waals surface area contributed by atoms with Gasteiger partial charge in [-0.15, -0.1) is 0 Å². The summed E-state index contributed by atoms with van der Waals surface area (Å²) >= 11 is 0. The van der Waals surface area contributed by atoms with Crippen LogP contribution in [-0.4, -0.2) is 18.6 Å². The minimum atomic E-state index is -4.25. The first kappa shape index (κ1) is 15.3. The van der Waals surface area contributed by atoms with Gasteiger partial charge in [0.05, 0.1) is 17.9 Å². The molecule has 0 amide bonds. The minimum Gasteiger partial charge on any atom is -0.387 e. The normalized spacial score (nSPS) is 13.1. The van der Waals surface area contributed by atoms with Crippen LogP contribution in [0.1, 0.15) is 24.8 Å². The van der Waals surface area contributed by atoms with Gasteiger partial charge in [0, 0.05) is 12.5 Å². The number of nitrogens with one attached hydrogen (secondary N) is 1. The lowest BCUT2D eigenvalue weighted by Crippen LogP contribution is -2.35. The second-order valence-electron chi connectivity index (χ2n) is 4.29. The van der Waals surface area contributed by atoms with Crippen LogP contribution in [0, 0.1) is 5.41 Å². The van der Waals surface area contributed by atoms with Gasteiger partial charge in [0.2, 0.25) is 0 Å². The standard InChI is InChI=1S/C12H17F3N4/c1-8(11(16)17)9-4-2-3-5-10(9)19(18)7-6-12(13,14)15/h2-5,8H,6-7,18H2,1H3,(H3,16,17). The highest BCUT2D eigenvalue weighted by atomic mass is 19.4. The molecule has 1 aromatic carbocycles. The second kappa shape index (κ2) is 5.92. The Bertz CT molecular complexity index is 445. The number of nitrogens with two attached hydrogens (primary N) is 2. The van der Waals surface area contributed by atoms with Crippen LogP contribution in [-0.2, 0) is 0 Å². The van der Waals surface area contributed by atoms with Gasteiger partial charge in [-0.25, -0.2) is 5.84 Å². The molecule has 0 aromatic heterocycles. The topological polar surface area (TPSA) is 79.1 Å². The first-order valence-electron chi connectivity index (χ1n) is 5.74. The van der Waals surface area contributed by atoms with Gasteiger partial charge in [-0.05, 0) is 11.6 Å². The molecule has 0 heterocycles. The number of hydrogen-bond acceptors (Lipinski definition) is 3. The van der Waals surface area contributed by atoms with Crippen molar-refractivity contribution in [1.82, 2.24) is 0 Å². The van der Waals surface area contributed by atoms with Crippen molar-refractivity contribution in [3.8, 4) is 0 Å². The van der Waals surface area contributed by atoms with E-state index >= 15 is 0 Å². The lowest BCUT2D eigenvalue weighted by Gasteiger charge is -2.24. The Balaban J connectivity index is 2.91. The molecule has 106 valence electrons. The van der Waals surface area contributed by atoms with Crippen molar-refractivity contribution in [3.63, 3.8) is 0 Å². The largest absolute Gasteiger partial charge is 0.390 e. The average molecular weight is 274 g/mol. The van der Waals surface area contributed by atoms with Gasteiger partial charge in [0.1, 0.15) is 0 Å². The Morgan fingerprint density at radius 2 is 1.95 bits per heavy atom. The third kappa shape index (κ3) is 4.44. The molecule has 0 saturated heterocycles. The first-order valence-corrected chi connectivity index (χ1v) is 5.74. The maximum atomic E-state index is 12.2. The highest BCUT2D eigenvalue weighted by molar-refractivity contribution is 5.86. The van der Waals surface area contributed by atoms with Gasteiger partial charge in [-0.2, -0.15) is 13.2 Å². The average Bonchev–Trinajstić information content (AvgIpc) is 2.34. The summed E-state index contributed by atoms with van der Waals surface area (Å²) in [5.41, 5.74) is 6.52. The Hall–Kier alpha value is -1.76. The Labute approximate surface area is 109 Å². The summed E-state index contributed by atoms with van der Waals surface area (Å²) in [5, 5.41) is 8.46. The van der Waals surface area contributed by atoms with Crippen LogP contribution in [0.2, 0.25) is 0 Å². The third-order valence-electron chi connectivity index (χ3n) is 2.82. The van der Waals surface area contributed by atoms with Crippen molar-refractivity contribution in [2.45, 2.75) is 25.4 Å². The predicted molar refractivity (Wildman–Crippen MR) is 69.0 cm³/mol. The Kier molecular flexibility index (Phi) is 4.77. The molecule has 0 fully saturated rings. The maximum absolute atomic E-state index is 12.2. The van der Waals surface area contributed by atoms with Gasteiger partial charge in [0.25, 0.3) is 0 Å². The van der Waals surface area contributed by atoms with Crippen molar-refractivity contribution in [2.24, 2.45) is 11.6 Å². The second-order valence-corrected chi connectivity index (χ2v) is 4.29. The molecule has 1 unspecified atom stereocenters. The summed E-state index contributed by atoms with van der Waals surface area (Å²) in [7, 11) is 0. The summed E-state index contributed by atoms with van der Waals surface area (Å²) < 4.78 is 36.5.